The molecule has 1 fully saturated rings. The van der Waals surface area contributed by atoms with Crippen LogP contribution in [0.5, 0.6) is 11.5 Å². The minimum atomic E-state index is -0.235. The summed E-state index contributed by atoms with van der Waals surface area (Å²) in [6.45, 7) is 3.79. The monoisotopic (exact) mass is 292 g/mol. The zero-order chi connectivity index (χ0) is 14.8. The van der Waals surface area contributed by atoms with Gasteiger partial charge in [0, 0.05) is 19.8 Å². The average Bonchev–Trinajstić information content (AvgIpc) is 2.93. The first-order chi connectivity index (χ1) is 10.2. The van der Waals surface area contributed by atoms with E-state index in [1.807, 2.05) is 18.2 Å². The summed E-state index contributed by atoms with van der Waals surface area (Å²) < 4.78 is 22.2. The highest BCUT2D eigenvalue weighted by atomic mass is 16.7. The highest BCUT2D eigenvalue weighted by Gasteiger charge is 2.32. The van der Waals surface area contributed by atoms with E-state index in [1.54, 1.807) is 0 Å². The summed E-state index contributed by atoms with van der Waals surface area (Å²) in [7, 11) is 0. The van der Waals surface area contributed by atoms with Crippen molar-refractivity contribution in [3.05, 3.63) is 23.8 Å². The van der Waals surface area contributed by atoms with Gasteiger partial charge in [0.25, 0.3) is 0 Å². The van der Waals surface area contributed by atoms with Crippen molar-refractivity contribution < 1.29 is 23.7 Å². The predicted molar refractivity (Wildman–Crippen MR) is 75.3 cm³/mol. The van der Waals surface area contributed by atoms with Crippen molar-refractivity contribution in [2.24, 2.45) is 0 Å². The van der Waals surface area contributed by atoms with Crippen LogP contribution in [0.15, 0.2) is 18.2 Å². The number of ether oxygens (including phenoxy) is 4. The summed E-state index contributed by atoms with van der Waals surface area (Å²) in [5.74, 6) is 1.28. The van der Waals surface area contributed by atoms with Gasteiger partial charge in [0.1, 0.15) is 6.10 Å². The van der Waals surface area contributed by atoms with Gasteiger partial charge in [-0.05, 0) is 24.1 Å². The van der Waals surface area contributed by atoms with Crippen LogP contribution in [0.25, 0.3) is 0 Å². The molecule has 21 heavy (non-hydrogen) atoms. The molecule has 3 rings (SSSR count). The van der Waals surface area contributed by atoms with Gasteiger partial charge in [0.2, 0.25) is 6.79 Å². The number of carbonyl (C=O) groups is 1. The maximum atomic E-state index is 11.2. The van der Waals surface area contributed by atoms with Crippen molar-refractivity contribution in [2.45, 2.75) is 51.4 Å². The second-order valence-corrected chi connectivity index (χ2v) is 5.47. The standard InChI is InChI=1S/C16H20O5/c1-3-12-7-13(20-10(2)17)8-15(21-12)11-4-5-14-16(6-11)19-9-18-14/h4-6,12-13,15H,3,7-9H2,1-2H3/t12-,13+,15-/m0/s1. The molecular formula is C16H20O5. The molecule has 1 aromatic rings. The van der Waals surface area contributed by atoms with Gasteiger partial charge < -0.3 is 18.9 Å². The number of hydrogen-bond donors (Lipinski definition) is 0. The van der Waals surface area contributed by atoms with Gasteiger partial charge >= 0.3 is 5.97 Å². The largest absolute Gasteiger partial charge is 0.462 e. The topological polar surface area (TPSA) is 54.0 Å². The molecule has 0 aromatic heterocycles. The van der Waals surface area contributed by atoms with E-state index in [0.29, 0.717) is 6.42 Å². The van der Waals surface area contributed by atoms with E-state index < -0.39 is 0 Å². The molecule has 0 N–H and O–H groups in total. The fraction of sp³-hybridized carbons (Fsp3) is 0.562. The van der Waals surface area contributed by atoms with E-state index in [4.69, 9.17) is 18.9 Å². The summed E-state index contributed by atoms with van der Waals surface area (Å²) in [5, 5.41) is 0. The third kappa shape index (κ3) is 3.13. The van der Waals surface area contributed by atoms with E-state index in [1.165, 1.54) is 6.92 Å². The highest BCUT2D eigenvalue weighted by molar-refractivity contribution is 5.66. The molecule has 0 spiro atoms. The smallest absolute Gasteiger partial charge is 0.302 e. The Morgan fingerprint density at radius 1 is 1.29 bits per heavy atom. The Kier molecular flexibility index (Phi) is 4.01. The molecule has 0 bridgehead atoms. The molecule has 0 radical (unpaired) electrons. The van der Waals surface area contributed by atoms with Crippen LogP contribution in [0.1, 0.15) is 44.8 Å². The van der Waals surface area contributed by atoms with Crippen LogP contribution in [0, 0.1) is 0 Å². The van der Waals surface area contributed by atoms with E-state index in [0.717, 1.165) is 29.9 Å². The van der Waals surface area contributed by atoms with Crippen LogP contribution < -0.4 is 9.47 Å². The van der Waals surface area contributed by atoms with Crippen molar-refractivity contribution in [3.63, 3.8) is 0 Å². The van der Waals surface area contributed by atoms with Gasteiger partial charge in [-0.3, -0.25) is 4.79 Å². The number of rotatable bonds is 3. The lowest BCUT2D eigenvalue weighted by molar-refractivity contribution is -0.160. The second-order valence-electron chi connectivity index (χ2n) is 5.47. The third-order valence-corrected chi connectivity index (χ3v) is 3.92. The molecule has 5 heteroatoms. The molecule has 5 nitrogen and oxygen atoms in total. The van der Waals surface area contributed by atoms with Crippen molar-refractivity contribution >= 4 is 5.97 Å². The quantitative estimate of drug-likeness (QED) is 0.802. The number of esters is 1. The van der Waals surface area contributed by atoms with E-state index in [9.17, 15) is 4.79 Å². The molecule has 1 saturated heterocycles. The third-order valence-electron chi connectivity index (χ3n) is 3.92. The van der Waals surface area contributed by atoms with E-state index in [2.05, 4.69) is 6.92 Å². The Bertz CT molecular complexity index is 527. The van der Waals surface area contributed by atoms with Crippen LogP contribution in [-0.2, 0) is 14.3 Å². The number of carbonyl (C=O) groups excluding carboxylic acids is 1. The maximum absolute atomic E-state index is 11.2. The molecule has 114 valence electrons. The number of hydrogen-bond acceptors (Lipinski definition) is 5. The molecule has 2 heterocycles. The molecule has 2 aliphatic heterocycles. The fourth-order valence-electron chi connectivity index (χ4n) is 2.89. The van der Waals surface area contributed by atoms with Crippen LogP contribution >= 0.6 is 0 Å². The van der Waals surface area contributed by atoms with E-state index >= 15 is 0 Å². The SMILES string of the molecule is CC[C@H]1C[C@@H](OC(C)=O)C[C@@H](c2ccc3c(c2)OCO3)O1. The molecular weight excluding hydrogens is 272 g/mol. The first-order valence-electron chi connectivity index (χ1n) is 7.38. The molecule has 2 aliphatic rings. The number of fused-ring (bicyclic) bond motifs is 1. The minimum absolute atomic E-state index is 0.0810. The van der Waals surface area contributed by atoms with Gasteiger partial charge in [-0.15, -0.1) is 0 Å². The molecule has 0 amide bonds. The lowest BCUT2D eigenvalue weighted by Crippen LogP contribution is -2.33. The number of benzene rings is 1. The second kappa shape index (κ2) is 5.93. The molecule has 0 unspecified atom stereocenters. The zero-order valence-electron chi connectivity index (χ0n) is 12.3. The van der Waals surface area contributed by atoms with Gasteiger partial charge in [0.15, 0.2) is 11.5 Å². The summed E-state index contributed by atoms with van der Waals surface area (Å²) in [6, 6.07) is 5.84. The van der Waals surface area contributed by atoms with Crippen molar-refractivity contribution in [3.8, 4) is 11.5 Å². The maximum Gasteiger partial charge on any atom is 0.302 e. The Morgan fingerprint density at radius 2 is 2.10 bits per heavy atom. The van der Waals surface area contributed by atoms with Gasteiger partial charge in [-0.2, -0.15) is 0 Å². The average molecular weight is 292 g/mol. The van der Waals surface area contributed by atoms with Gasteiger partial charge in [-0.25, -0.2) is 0 Å². The van der Waals surface area contributed by atoms with Crippen LogP contribution in [0.4, 0.5) is 0 Å². The minimum Gasteiger partial charge on any atom is -0.462 e. The van der Waals surface area contributed by atoms with Crippen molar-refractivity contribution in [1.29, 1.82) is 0 Å². The van der Waals surface area contributed by atoms with Crippen molar-refractivity contribution in [1.82, 2.24) is 0 Å². The molecule has 0 aliphatic carbocycles. The Labute approximate surface area is 124 Å². The van der Waals surface area contributed by atoms with Gasteiger partial charge in [-0.1, -0.05) is 13.0 Å². The van der Waals surface area contributed by atoms with Gasteiger partial charge in [0.05, 0.1) is 12.2 Å². The fourth-order valence-corrected chi connectivity index (χ4v) is 2.89. The Balaban J connectivity index is 1.77. The highest BCUT2D eigenvalue weighted by Crippen LogP contribution is 2.39. The first kappa shape index (κ1) is 14.2. The Morgan fingerprint density at radius 3 is 2.86 bits per heavy atom. The van der Waals surface area contributed by atoms with Crippen molar-refractivity contribution in [2.75, 3.05) is 6.79 Å². The Hall–Kier alpha value is -1.75. The summed E-state index contributed by atoms with van der Waals surface area (Å²) in [6.07, 6.45) is 2.28. The lowest BCUT2D eigenvalue weighted by atomic mass is 9.94. The normalized spacial score (nSPS) is 27.4. The molecule has 1 aromatic carbocycles. The molecule has 3 atom stereocenters. The summed E-state index contributed by atoms with van der Waals surface area (Å²) in [5.41, 5.74) is 1.04. The summed E-state index contributed by atoms with van der Waals surface area (Å²) in [4.78, 5) is 11.2. The predicted octanol–water partition coefficient (Wildman–Crippen LogP) is 2.98. The first-order valence-corrected chi connectivity index (χ1v) is 7.38. The zero-order valence-corrected chi connectivity index (χ0v) is 12.3. The van der Waals surface area contributed by atoms with Crippen LogP contribution in [0.2, 0.25) is 0 Å². The van der Waals surface area contributed by atoms with Crippen LogP contribution in [-0.4, -0.2) is 25.0 Å². The van der Waals surface area contributed by atoms with E-state index in [-0.39, 0.29) is 31.1 Å². The molecule has 0 saturated carbocycles. The van der Waals surface area contributed by atoms with Crippen LogP contribution in [0.3, 0.4) is 0 Å². The summed E-state index contributed by atoms with van der Waals surface area (Å²) >= 11 is 0. The lowest BCUT2D eigenvalue weighted by Gasteiger charge is -2.34.